The number of aryl methyl sites for hydroxylation is 1. The van der Waals surface area contributed by atoms with Crippen LogP contribution >= 0.6 is 0 Å². The highest BCUT2D eigenvalue weighted by Crippen LogP contribution is 2.26. The van der Waals surface area contributed by atoms with Gasteiger partial charge in [-0.15, -0.1) is 0 Å². The number of carbonyl (C=O) groups excluding carboxylic acids is 2. The first-order valence-electron chi connectivity index (χ1n) is 12.4. The fraction of sp³-hybridized carbons (Fsp3) is 0.310. The van der Waals surface area contributed by atoms with Crippen molar-refractivity contribution in [3.8, 4) is 11.5 Å². The third-order valence-electron chi connectivity index (χ3n) is 5.82. The molecule has 3 aromatic carbocycles. The maximum atomic E-state index is 13.6. The standard InChI is InChI=1S/C29H35N3O5S/c1-21(2)30-29(34)23(4)31(19-24-11-9-10-22(3)18-24)28(33)20-32(38(5,35)36)25-14-16-27(17-15-25)37-26-12-7-6-8-13-26/h6-18,21,23H,19-20H2,1-5H3,(H,30,34). The normalized spacial score (nSPS) is 12.1. The van der Waals surface area contributed by atoms with Gasteiger partial charge in [0.15, 0.2) is 0 Å². The van der Waals surface area contributed by atoms with E-state index in [9.17, 15) is 18.0 Å². The molecule has 9 heteroatoms. The first-order valence-corrected chi connectivity index (χ1v) is 14.2. The molecule has 0 spiro atoms. The minimum atomic E-state index is -3.82. The predicted octanol–water partition coefficient (Wildman–Crippen LogP) is 4.50. The molecule has 0 aliphatic carbocycles. The van der Waals surface area contributed by atoms with Crippen LogP contribution in [0.15, 0.2) is 78.9 Å². The van der Waals surface area contributed by atoms with Gasteiger partial charge in [0.2, 0.25) is 21.8 Å². The van der Waals surface area contributed by atoms with Crippen molar-refractivity contribution in [2.24, 2.45) is 0 Å². The number of carbonyl (C=O) groups is 2. The molecule has 0 saturated heterocycles. The van der Waals surface area contributed by atoms with Gasteiger partial charge in [0.25, 0.3) is 0 Å². The average molecular weight is 538 g/mol. The van der Waals surface area contributed by atoms with Crippen molar-refractivity contribution in [2.75, 3.05) is 17.1 Å². The van der Waals surface area contributed by atoms with Gasteiger partial charge in [0.05, 0.1) is 11.9 Å². The lowest BCUT2D eigenvalue weighted by Crippen LogP contribution is -2.52. The topological polar surface area (TPSA) is 96.0 Å². The second-order valence-corrected chi connectivity index (χ2v) is 11.4. The number of sulfonamides is 1. The van der Waals surface area contributed by atoms with E-state index in [1.807, 2.05) is 75.4 Å². The summed E-state index contributed by atoms with van der Waals surface area (Å²) in [5.74, 6) is 0.373. The van der Waals surface area contributed by atoms with Crippen molar-refractivity contribution < 1.29 is 22.7 Å². The molecule has 202 valence electrons. The molecule has 38 heavy (non-hydrogen) atoms. The van der Waals surface area contributed by atoms with Gasteiger partial charge in [-0.2, -0.15) is 0 Å². The minimum absolute atomic E-state index is 0.106. The fourth-order valence-corrected chi connectivity index (χ4v) is 4.76. The number of hydrogen-bond donors (Lipinski definition) is 1. The first-order chi connectivity index (χ1) is 17.9. The smallest absolute Gasteiger partial charge is 0.244 e. The quantitative estimate of drug-likeness (QED) is 0.389. The summed E-state index contributed by atoms with van der Waals surface area (Å²) in [4.78, 5) is 27.9. The van der Waals surface area contributed by atoms with E-state index in [0.29, 0.717) is 17.2 Å². The lowest BCUT2D eigenvalue weighted by Gasteiger charge is -2.32. The molecule has 2 amide bonds. The first kappa shape index (κ1) is 28.7. The third-order valence-corrected chi connectivity index (χ3v) is 6.96. The van der Waals surface area contributed by atoms with Crippen LogP contribution in [0, 0.1) is 6.92 Å². The van der Waals surface area contributed by atoms with Crippen LogP contribution in [0.5, 0.6) is 11.5 Å². The monoisotopic (exact) mass is 537 g/mol. The lowest BCUT2D eigenvalue weighted by atomic mass is 10.1. The molecule has 0 fully saturated rings. The molecule has 0 aromatic heterocycles. The van der Waals surface area contributed by atoms with Crippen LogP contribution in [0.4, 0.5) is 5.69 Å². The number of hydrogen-bond acceptors (Lipinski definition) is 5. The van der Waals surface area contributed by atoms with Crippen molar-refractivity contribution in [2.45, 2.75) is 46.3 Å². The Morgan fingerprint density at radius 2 is 1.53 bits per heavy atom. The Morgan fingerprint density at radius 1 is 0.895 bits per heavy atom. The number of benzene rings is 3. The Balaban J connectivity index is 1.86. The Hall–Kier alpha value is -3.85. The third kappa shape index (κ3) is 8.08. The summed E-state index contributed by atoms with van der Waals surface area (Å²) in [6.07, 6.45) is 1.05. The number of anilines is 1. The molecule has 1 unspecified atom stereocenters. The van der Waals surface area contributed by atoms with E-state index in [0.717, 1.165) is 21.7 Å². The van der Waals surface area contributed by atoms with Gasteiger partial charge in [0, 0.05) is 12.6 Å². The predicted molar refractivity (Wildman–Crippen MR) is 150 cm³/mol. The minimum Gasteiger partial charge on any atom is -0.457 e. The highest BCUT2D eigenvalue weighted by molar-refractivity contribution is 7.92. The second-order valence-electron chi connectivity index (χ2n) is 9.53. The molecule has 3 aromatic rings. The number of ether oxygens (including phenoxy) is 1. The van der Waals surface area contributed by atoms with Gasteiger partial charge in [-0.1, -0.05) is 48.0 Å². The molecule has 1 N–H and O–H groups in total. The zero-order valence-electron chi connectivity index (χ0n) is 22.4. The molecule has 8 nitrogen and oxygen atoms in total. The van der Waals surface area contributed by atoms with Gasteiger partial charge < -0.3 is 15.0 Å². The zero-order valence-corrected chi connectivity index (χ0v) is 23.2. The number of nitrogens with one attached hydrogen (secondary N) is 1. The van der Waals surface area contributed by atoms with Crippen LogP contribution < -0.4 is 14.4 Å². The van der Waals surface area contributed by atoms with Crippen LogP contribution in [0.1, 0.15) is 31.9 Å². The lowest BCUT2D eigenvalue weighted by molar-refractivity contribution is -0.139. The van der Waals surface area contributed by atoms with Crippen molar-refractivity contribution in [3.63, 3.8) is 0 Å². The Bertz CT molecular complexity index is 1340. The van der Waals surface area contributed by atoms with E-state index >= 15 is 0 Å². The van der Waals surface area contributed by atoms with E-state index < -0.39 is 28.5 Å². The maximum Gasteiger partial charge on any atom is 0.244 e. The highest BCUT2D eigenvalue weighted by Gasteiger charge is 2.30. The van der Waals surface area contributed by atoms with Crippen molar-refractivity contribution in [3.05, 3.63) is 90.0 Å². The number of nitrogens with zero attached hydrogens (tertiary/aromatic N) is 2. The second kappa shape index (κ2) is 12.6. The molecule has 0 radical (unpaired) electrons. The van der Waals surface area contributed by atoms with Crippen LogP contribution in [-0.2, 0) is 26.2 Å². The van der Waals surface area contributed by atoms with E-state index in [-0.39, 0.29) is 18.5 Å². The molecule has 0 aliphatic rings. The number of rotatable bonds is 11. The van der Waals surface area contributed by atoms with Gasteiger partial charge >= 0.3 is 0 Å². The Kier molecular flexibility index (Phi) is 9.52. The number of para-hydroxylation sites is 1. The summed E-state index contributed by atoms with van der Waals surface area (Å²) in [5.41, 5.74) is 2.18. The Labute approximate surface area is 225 Å². The van der Waals surface area contributed by atoms with Gasteiger partial charge in [-0.25, -0.2) is 8.42 Å². The fourth-order valence-electron chi connectivity index (χ4n) is 3.91. The molecule has 1 atom stereocenters. The zero-order chi connectivity index (χ0) is 27.9. The molecule has 3 rings (SSSR count). The van der Waals surface area contributed by atoms with E-state index in [2.05, 4.69) is 5.32 Å². The molecule has 0 saturated carbocycles. The van der Waals surface area contributed by atoms with E-state index in [4.69, 9.17) is 4.74 Å². The largest absolute Gasteiger partial charge is 0.457 e. The van der Waals surface area contributed by atoms with Crippen LogP contribution in [0.2, 0.25) is 0 Å². The summed E-state index contributed by atoms with van der Waals surface area (Å²) in [6.45, 7) is 6.98. The van der Waals surface area contributed by atoms with Crippen molar-refractivity contribution >= 4 is 27.5 Å². The molecular weight excluding hydrogens is 502 g/mol. The van der Waals surface area contributed by atoms with Gasteiger partial charge in [0.1, 0.15) is 24.1 Å². The van der Waals surface area contributed by atoms with Gasteiger partial charge in [-0.05, 0) is 69.7 Å². The summed E-state index contributed by atoms with van der Waals surface area (Å²) >= 11 is 0. The Morgan fingerprint density at radius 3 is 2.11 bits per heavy atom. The van der Waals surface area contributed by atoms with Crippen molar-refractivity contribution in [1.82, 2.24) is 10.2 Å². The average Bonchev–Trinajstić information content (AvgIpc) is 2.85. The summed E-state index contributed by atoms with van der Waals surface area (Å²) < 4.78 is 32.4. The van der Waals surface area contributed by atoms with E-state index in [1.165, 1.54) is 4.90 Å². The highest BCUT2D eigenvalue weighted by atomic mass is 32.2. The van der Waals surface area contributed by atoms with Crippen LogP contribution in [0.25, 0.3) is 0 Å². The molecule has 0 heterocycles. The van der Waals surface area contributed by atoms with Crippen molar-refractivity contribution in [1.29, 1.82) is 0 Å². The summed E-state index contributed by atoms with van der Waals surface area (Å²) in [7, 11) is -3.82. The summed E-state index contributed by atoms with van der Waals surface area (Å²) in [6, 6.07) is 22.4. The maximum absolute atomic E-state index is 13.6. The molecule has 0 aliphatic heterocycles. The van der Waals surface area contributed by atoms with Crippen LogP contribution in [-0.4, -0.2) is 50.0 Å². The van der Waals surface area contributed by atoms with Gasteiger partial charge in [-0.3, -0.25) is 13.9 Å². The molecule has 0 bridgehead atoms. The summed E-state index contributed by atoms with van der Waals surface area (Å²) in [5, 5.41) is 2.84. The SMILES string of the molecule is Cc1cccc(CN(C(=O)CN(c2ccc(Oc3ccccc3)cc2)S(C)(=O)=O)C(C)C(=O)NC(C)C)c1. The number of amides is 2. The van der Waals surface area contributed by atoms with Crippen LogP contribution in [0.3, 0.4) is 0 Å². The van der Waals surface area contributed by atoms with E-state index in [1.54, 1.807) is 31.2 Å². The molecular formula is C29H35N3O5S.